The second kappa shape index (κ2) is 4.24. The van der Waals surface area contributed by atoms with Gasteiger partial charge in [-0.3, -0.25) is 4.79 Å². The van der Waals surface area contributed by atoms with Crippen LogP contribution in [0, 0.1) is 6.92 Å². The number of carboxylic acids is 1. The summed E-state index contributed by atoms with van der Waals surface area (Å²) in [5.41, 5.74) is 3.22. The maximum Gasteiger partial charge on any atom is 0.312 e. The molecule has 2 aromatic rings. The van der Waals surface area contributed by atoms with Crippen LogP contribution in [0.15, 0.2) is 24.3 Å². The van der Waals surface area contributed by atoms with Crippen molar-refractivity contribution in [2.45, 2.75) is 33.2 Å². The molecule has 1 N–H and O–H groups in total. The van der Waals surface area contributed by atoms with Crippen LogP contribution in [0.3, 0.4) is 0 Å². The lowest BCUT2D eigenvalue weighted by atomic mass is 10.1. The monoisotopic (exact) mass is 231 g/mol. The molecule has 0 fully saturated rings. The number of aryl methyl sites for hydroxylation is 2. The molecule has 1 atom stereocenters. The van der Waals surface area contributed by atoms with Gasteiger partial charge < -0.3 is 9.67 Å². The summed E-state index contributed by atoms with van der Waals surface area (Å²) in [5.74, 6) is -1.25. The summed E-state index contributed by atoms with van der Waals surface area (Å²) < 4.78 is 2.10. The van der Waals surface area contributed by atoms with E-state index >= 15 is 0 Å². The third-order valence-electron chi connectivity index (χ3n) is 3.28. The van der Waals surface area contributed by atoms with Crippen LogP contribution in [0.2, 0.25) is 0 Å². The molecule has 0 aliphatic heterocycles. The average Bonchev–Trinajstić information content (AvgIpc) is 2.67. The molecule has 0 saturated heterocycles. The fraction of sp³-hybridized carbons (Fsp3) is 0.357. The molecule has 1 aromatic heterocycles. The van der Waals surface area contributed by atoms with Crippen molar-refractivity contribution in [1.29, 1.82) is 0 Å². The zero-order chi connectivity index (χ0) is 12.6. The first-order valence-electron chi connectivity index (χ1n) is 5.87. The van der Waals surface area contributed by atoms with Crippen molar-refractivity contribution in [3.8, 4) is 0 Å². The molecule has 3 heteroatoms. The van der Waals surface area contributed by atoms with E-state index in [1.165, 1.54) is 5.56 Å². The zero-order valence-corrected chi connectivity index (χ0v) is 10.4. The van der Waals surface area contributed by atoms with E-state index in [0.717, 1.165) is 23.1 Å². The summed E-state index contributed by atoms with van der Waals surface area (Å²) in [6.07, 6.45) is 0. The maximum absolute atomic E-state index is 11.1. The largest absolute Gasteiger partial charge is 0.481 e. The number of rotatable bonds is 3. The molecule has 0 saturated carbocycles. The highest BCUT2D eigenvalue weighted by Crippen LogP contribution is 2.27. The van der Waals surface area contributed by atoms with E-state index in [0.29, 0.717) is 0 Å². The van der Waals surface area contributed by atoms with Gasteiger partial charge in [-0.2, -0.15) is 0 Å². The first-order chi connectivity index (χ1) is 8.06. The van der Waals surface area contributed by atoms with Crippen molar-refractivity contribution in [3.63, 3.8) is 0 Å². The fourth-order valence-corrected chi connectivity index (χ4v) is 2.36. The third-order valence-corrected chi connectivity index (χ3v) is 3.28. The average molecular weight is 231 g/mol. The molecule has 1 heterocycles. The zero-order valence-electron chi connectivity index (χ0n) is 10.4. The smallest absolute Gasteiger partial charge is 0.312 e. The molecular formula is C14H17NO2. The highest BCUT2D eigenvalue weighted by atomic mass is 16.4. The van der Waals surface area contributed by atoms with Crippen LogP contribution in [-0.4, -0.2) is 15.6 Å². The van der Waals surface area contributed by atoms with Crippen LogP contribution in [-0.2, 0) is 11.3 Å². The Morgan fingerprint density at radius 1 is 1.47 bits per heavy atom. The first-order valence-corrected chi connectivity index (χ1v) is 5.87. The Balaban J connectivity index is 2.73. The van der Waals surface area contributed by atoms with Gasteiger partial charge in [-0.25, -0.2) is 0 Å². The molecule has 0 aliphatic carbocycles. The van der Waals surface area contributed by atoms with Crippen molar-refractivity contribution >= 4 is 16.9 Å². The molecule has 17 heavy (non-hydrogen) atoms. The van der Waals surface area contributed by atoms with E-state index in [1.54, 1.807) is 6.92 Å². The summed E-state index contributed by atoms with van der Waals surface area (Å²) in [4.78, 5) is 11.1. The highest BCUT2D eigenvalue weighted by molar-refractivity contribution is 5.86. The molecule has 0 amide bonds. The van der Waals surface area contributed by atoms with Crippen LogP contribution in [0.5, 0.6) is 0 Å². The van der Waals surface area contributed by atoms with Gasteiger partial charge in [-0.05, 0) is 32.4 Å². The number of aromatic nitrogens is 1. The Kier molecular flexibility index (Phi) is 2.92. The van der Waals surface area contributed by atoms with Gasteiger partial charge in [0.2, 0.25) is 0 Å². The predicted molar refractivity (Wildman–Crippen MR) is 68.4 cm³/mol. The molecule has 90 valence electrons. The van der Waals surface area contributed by atoms with Gasteiger partial charge in [-0.15, -0.1) is 0 Å². The standard InChI is InChI=1S/C14H17NO2/c1-4-15-12(10(3)14(16)17)8-11-7-5-6-9(2)13(11)15/h5-8,10H,4H2,1-3H3,(H,16,17). The molecule has 0 spiro atoms. The molecule has 0 aliphatic rings. The Morgan fingerprint density at radius 2 is 2.18 bits per heavy atom. The van der Waals surface area contributed by atoms with Gasteiger partial charge in [0.25, 0.3) is 0 Å². The lowest BCUT2D eigenvalue weighted by Crippen LogP contribution is -2.12. The van der Waals surface area contributed by atoms with Crippen molar-refractivity contribution in [1.82, 2.24) is 4.57 Å². The van der Waals surface area contributed by atoms with Gasteiger partial charge >= 0.3 is 5.97 Å². The number of fused-ring (bicyclic) bond motifs is 1. The number of hydrogen-bond donors (Lipinski definition) is 1. The van der Waals surface area contributed by atoms with Crippen LogP contribution in [0.1, 0.15) is 31.0 Å². The number of hydrogen-bond acceptors (Lipinski definition) is 1. The molecule has 1 aromatic carbocycles. The van der Waals surface area contributed by atoms with Gasteiger partial charge in [-0.1, -0.05) is 18.2 Å². The number of benzene rings is 1. The minimum Gasteiger partial charge on any atom is -0.481 e. The number of carbonyl (C=O) groups is 1. The summed E-state index contributed by atoms with van der Waals surface area (Å²) in [7, 11) is 0. The van der Waals surface area contributed by atoms with E-state index in [1.807, 2.05) is 25.1 Å². The van der Waals surface area contributed by atoms with Crippen molar-refractivity contribution in [2.75, 3.05) is 0 Å². The van der Waals surface area contributed by atoms with E-state index in [2.05, 4.69) is 17.6 Å². The molecule has 3 nitrogen and oxygen atoms in total. The van der Waals surface area contributed by atoms with Gasteiger partial charge in [0.05, 0.1) is 11.4 Å². The van der Waals surface area contributed by atoms with Gasteiger partial charge in [0.15, 0.2) is 0 Å². The Morgan fingerprint density at radius 3 is 2.76 bits per heavy atom. The number of para-hydroxylation sites is 1. The minimum atomic E-state index is -0.778. The molecule has 1 unspecified atom stereocenters. The summed E-state index contributed by atoms with van der Waals surface area (Å²) in [6.45, 7) is 6.63. The van der Waals surface area contributed by atoms with Crippen molar-refractivity contribution in [3.05, 3.63) is 35.5 Å². The normalized spacial score (nSPS) is 12.9. The SMILES string of the molecule is CCn1c(C(C)C(=O)O)cc2cccc(C)c21. The Labute approximate surface area is 101 Å². The van der Waals surface area contributed by atoms with E-state index in [-0.39, 0.29) is 0 Å². The quantitative estimate of drug-likeness (QED) is 0.881. The Hall–Kier alpha value is -1.77. The van der Waals surface area contributed by atoms with Crippen LogP contribution < -0.4 is 0 Å². The first kappa shape index (κ1) is 11.7. The van der Waals surface area contributed by atoms with E-state index in [4.69, 9.17) is 5.11 Å². The summed E-state index contributed by atoms with van der Waals surface area (Å²) in [6, 6.07) is 8.09. The predicted octanol–water partition coefficient (Wildman–Crippen LogP) is 3.16. The second-order valence-electron chi connectivity index (χ2n) is 4.39. The van der Waals surface area contributed by atoms with Crippen LogP contribution in [0.25, 0.3) is 10.9 Å². The van der Waals surface area contributed by atoms with Crippen LogP contribution in [0.4, 0.5) is 0 Å². The molecule has 2 rings (SSSR count). The summed E-state index contributed by atoms with van der Waals surface area (Å²) in [5, 5.41) is 10.3. The topological polar surface area (TPSA) is 42.2 Å². The maximum atomic E-state index is 11.1. The second-order valence-corrected chi connectivity index (χ2v) is 4.39. The van der Waals surface area contributed by atoms with Crippen molar-refractivity contribution in [2.24, 2.45) is 0 Å². The van der Waals surface area contributed by atoms with Gasteiger partial charge in [0, 0.05) is 17.6 Å². The Bertz CT molecular complexity index is 569. The van der Waals surface area contributed by atoms with E-state index in [9.17, 15) is 4.79 Å². The molecular weight excluding hydrogens is 214 g/mol. The highest BCUT2D eigenvalue weighted by Gasteiger charge is 2.20. The molecule has 0 radical (unpaired) electrons. The summed E-state index contributed by atoms with van der Waals surface area (Å²) >= 11 is 0. The van der Waals surface area contributed by atoms with Gasteiger partial charge in [0.1, 0.15) is 0 Å². The number of aliphatic carboxylic acids is 1. The van der Waals surface area contributed by atoms with Crippen LogP contribution >= 0.6 is 0 Å². The number of carboxylic acid groups (broad SMARTS) is 1. The minimum absolute atomic E-state index is 0.471. The lowest BCUT2D eigenvalue weighted by Gasteiger charge is -2.12. The third kappa shape index (κ3) is 1.82. The number of nitrogens with zero attached hydrogens (tertiary/aromatic N) is 1. The van der Waals surface area contributed by atoms with E-state index < -0.39 is 11.9 Å². The molecule has 0 bridgehead atoms. The lowest BCUT2D eigenvalue weighted by molar-refractivity contribution is -0.138. The fourth-order valence-electron chi connectivity index (χ4n) is 2.36. The van der Waals surface area contributed by atoms with Crippen molar-refractivity contribution < 1.29 is 9.90 Å².